The molecule has 1 atom stereocenters. The molecule has 0 saturated carbocycles. The molecule has 0 fully saturated rings. The first kappa shape index (κ1) is 17.6. The van der Waals surface area contributed by atoms with Crippen molar-refractivity contribution in [2.75, 3.05) is 11.1 Å². The van der Waals surface area contributed by atoms with Gasteiger partial charge in [-0.25, -0.2) is 23.1 Å². The van der Waals surface area contributed by atoms with Crippen molar-refractivity contribution in [1.82, 2.24) is 24.6 Å². The Bertz CT molecular complexity index is 1230. The minimum Gasteiger partial charge on any atom is -0.382 e. The quantitative estimate of drug-likeness (QED) is 0.499. The number of nitrogen functional groups attached to an aromatic ring is 1. The normalized spacial score (nSPS) is 12.2. The maximum atomic E-state index is 14.0. The lowest BCUT2D eigenvalue weighted by atomic mass is 10.1. The average molecular weight is 383 g/mol. The predicted molar refractivity (Wildman–Crippen MR) is 99.6 cm³/mol. The van der Waals surface area contributed by atoms with Crippen LogP contribution in [0.3, 0.4) is 0 Å². The third-order valence-electron chi connectivity index (χ3n) is 4.23. The summed E-state index contributed by atoms with van der Waals surface area (Å²) in [6.07, 6.45) is 3.26. The molecule has 28 heavy (non-hydrogen) atoms. The largest absolute Gasteiger partial charge is 0.382 e. The number of H-pyrrole nitrogens is 1. The number of nitrogens with zero attached hydrogens (tertiary/aromatic N) is 4. The fourth-order valence-corrected chi connectivity index (χ4v) is 2.98. The van der Waals surface area contributed by atoms with Crippen LogP contribution in [-0.2, 0) is 0 Å². The fraction of sp³-hybridized carbons (Fsp3) is 0.111. The zero-order chi connectivity index (χ0) is 19.8. The van der Waals surface area contributed by atoms with E-state index in [0.717, 1.165) is 6.07 Å². The first-order valence-corrected chi connectivity index (χ1v) is 8.34. The van der Waals surface area contributed by atoms with Crippen LogP contribution in [0.2, 0.25) is 0 Å². The molecule has 0 radical (unpaired) electrons. The maximum Gasteiger partial charge on any atom is 0.347 e. The highest BCUT2D eigenvalue weighted by molar-refractivity contribution is 5.84. The van der Waals surface area contributed by atoms with Crippen molar-refractivity contribution in [3.63, 3.8) is 0 Å². The van der Waals surface area contributed by atoms with Gasteiger partial charge in [-0.1, -0.05) is 6.07 Å². The Labute approximate surface area is 157 Å². The van der Waals surface area contributed by atoms with E-state index in [-0.39, 0.29) is 17.2 Å². The van der Waals surface area contributed by atoms with E-state index in [1.54, 1.807) is 31.5 Å². The first-order chi connectivity index (χ1) is 13.4. The third kappa shape index (κ3) is 3.15. The minimum atomic E-state index is -0.693. The Morgan fingerprint density at radius 1 is 1.29 bits per heavy atom. The summed E-state index contributed by atoms with van der Waals surface area (Å²) in [5.74, 6) is -0.976. The van der Waals surface area contributed by atoms with Crippen LogP contribution < -0.4 is 16.7 Å². The molecule has 8 nitrogen and oxygen atoms in total. The number of anilines is 2. The average Bonchev–Trinajstić information content (AvgIpc) is 2.96. The van der Waals surface area contributed by atoms with E-state index < -0.39 is 23.4 Å². The molecule has 1 aromatic carbocycles. The van der Waals surface area contributed by atoms with Crippen LogP contribution in [0.25, 0.3) is 16.9 Å². The predicted octanol–water partition coefficient (Wildman–Crippen LogP) is 2.51. The van der Waals surface area contributed by atoms with Gasteiger partial charge < -0.3 is 16.0 Å². The van der Waals surface area contributed by atoms with Crippen LogP contribution in [0.15, 0.2) is 47.5 Å². The number of fused-ring (bicyclic) bond motifs is 1. The molecule has 4 N–H and O–H groups in total. The fourth-order valence-electron chi connectivity index (χ4n) is 2.98. The monoisotopic (exact) mass is 383 g/mol. The molecule has 3 heterocycles. The number of nitrogens with two attached hydrogens (primary N) is 1. The van der Waals surface area contributed by atoms with Crippen LogP contribution in [0.4, 0.5) is 20.4 Å². The lowest BCUT2D eigenvalue weighted by molar-refractivity contribution is 0.566. The van der Waals surface area contributed by atoms with Gasteiger partial charge in [-0.05, 0) is 19.1 Å². The van der Waals surface area contributed by atoms with Gasteiger partial charge in [-0.2, -0.15) is 4.98 Å². The van der Waals surface area contributed by atoms with Gasteiger partial charge in [0.15, 0.2) is 11.5 Å². The molecule has 0 spiro atoms. The summed E-state index contributed by atoms with van der Waals surface area (Å²) >= 11 is 0. The molecule has 10 heteroatoms. The second-order valence-electron chi connectivity index (χ2n) is 6.17. The molecule has 0 bridgehead atoms. The number of aromatic amines is 1. The number of rotatable bonds is 4. The van der Waals surface area contributed by atoms with Crippen molar-refractivity contribution in [3.8, 4) is 11.3 Å². The van der Waals surface area contributed by atoms with E-state index in [2.05, 4.69) is 25.4 Å². The first-order valence-electron chi connectivity index (χ1n) is 8.34. The van der Waals surface area contributed by atoms with Gasteiger partial charge in [0.25, 0.3) is 0 Å². The van der Waals surface area contributed by atoms with Gasteiger partial charge in [-0.15, -0.1) is 5.10 Å². The summed E-state index contributed by atoms with van der Waals surface area (Å²) in [5.41, 5.74) is 6.88. The Morgan fingerprint density at radius 3 is 2.89 bits per heavy atom. The maximum absolute atomic E-state index is 14.0. The second kappa shape index (κ2) is 6.72. The van der Waals surface area contributed by atoms with Gasteiger partial charge in [0.2, 0.25) is 0 Å². The lowest BCUT2D eigenvalue weighted by Crippen LogP contribution is -2.17. The van der Waals surface area contributed by atoms with E-state index in [1.165, 1.54) is 16.6 Å². The van der Waals surface area contributed by atoms with Gasteiger partial charge in [-0.3, -0.25) is 0 Å². The summed E-state index contributed by atoms with van der Waals surface area (Å²) in [6, 6.07) is 5.99. The van der Waals surface area contributed by atoms with E-state index in [1.807, 2.05) is 0 Å². The Balaban J connectivity index is 1.73. The Kier molecular flexibility index (Phi) is 4.22. The summed E-state index contributed by atoms with van der Waals surface area (Å²) < 4.78 is 28.6. The molecule has 0 aliphatic carbocycles. The van der Waals surface area contributed by atoms with E-state index >= 15 is 0 Å². The number of halogens is 2. The summed E-state index contributed by atoms with van der Waals surface area (Å²) in [6.45, 7) is 1.67. The van der Waals surface area contributed by atoms with Crippen molar-refractivity contribution in [1.29, 1.82) is 0 Å². The third-order valence-corrected chi connectivity index (χ3v) is 4.23. The summed E-state index contributed by atoms with van der Waals surface area (Å²) in [4.78, 5) is 22.8. The molecule has 4 aromatic rings. The molecule has 0 aliphatic rings. The Morgan fingerprint density at radius 2 is 2.11 bits per heavy atom. The second-order valence-corrected chi connectivity index (χ2v) is 6.17. The van der Waals surface area contributed by atoms with Crippen molar-refractivity contribution in [3.05, 3.63) is 70.4 Å². The molecular weight excluding hydrogens is 368 g/mol. The number of nitrogens with one attached hydrogen (secondary N) is 2. The van der Waals surface area contributed by atoms with Crippen LogP contribution in [-0.4, -0.2) is 24.6 Å². The van der Waals surface area contributed by atoms with Crippen molar-refractivity contribution in [2.45, 2.75) is 13.0 Å². The van der Waals surface area contributed by atoms with Crippen molar-refractivity contribution in [2.24, 2.45) is 0 Å². The topological polar surface area (TPSA) is 114 Å². The summed E-state index contributed by atoms with van der Waals surface area (Å²) in [7, 11) is 0. The zero-order valence-electron chi connectivity index (χ0n) is 14.6. The molecular formula is C18H15F2N7O. The van der Waals surface area contributed by atoms with E-state index in [0.29, 0.717) is 16.9 Å². The highest BCUT2D eigenvalue weighted by Gasteiger charge is 2.17. The number of aromatic nitrogens is 5. The molecule has 0 amide bonds. The number of hydrogen-bond donors (Lipinski definition) is 3. The standard InChI is InChI=1S/C18H15F2N7O/c1-9(11-4-3-10(19)7-12(11)20)23-14-8-13(24-18(28)25-14)15-16(21)26-27-6-2-5-22-17(15)27/h2-9H,1H3,(H2,21,26)(H2,23,24,25,28). The van der Waals surface area contributed by atoms with E-state index in [9.17, 15) is 13.6 Å². The minimum absolute atomic E-state index is 0.184. The van der Waals surface area contributed by atoms with Gasteiger partial charge >= 0.3 is 5.69 Å². The van der Waals surface area contributed by atoms with Gasteiger partial charge in [0.1, 0.15) is 17.5 Å². The molecule has 1 unspecified atom stereocenters. The summed E-state index contributed by atoms with van der Waals surface area (Å²) in [5, 5.41) is 7.11. The van der Waals surface area contributed by atoms with Crippen LogP contribution in [0.5, 0.6) is 0 Å². The van der Waals surface area contributed by atoms with Crippen LogP contribution in [0.1, 0.15) is 18.5 Å². The smallest absolute Gasteiger partial charge is 0.347 e. The number of benzene rings is 1. The zero-order valence-corrected chi connectivity index (χ0v) is 14.6. The molecule has 3 aromatic heterocycles. The lowest BCUT2D eigenvalue weighted by Gasteiger charge is -2.16. The molecule has 142 valence electrons. The molecule has 0 saturated heterocycles. The number of hydrogen-bond acceptors (Lipinski definition) is 6. The van der Waals surface area contributed by atoms with Crippen molar-refractivity contribution >= 4 is 17.3 Å². The molecule has 0 aliphatic heterocycles. The molecule has 4 rings (SSSR count). The Hall–Kier alpha value is -3.82. The highest BCUT2D eigenvalue weighted by atomic mass is 19.1. The highest BCUT2D eigenvalue weighted by Crippen LogP contribution is 2.28. The van der Waals surface area contributed by atoms with Crippen molar-refractivity contribution < 1.29 is 8.78 Å². The van der Waals surface area contributed by atoms with E-state index in [4.69, 9.17) is 5.73 Å². The SMILES string of the molecule is CC(Nc1cc(-c2c(N)nn3cccnc23)[nH]c(=O)n1)c1ccc(F)cc1F. The van der Waals surface area contributed by atoms with Gasteiger partial charge in [0, 0.05) is 30.1 Å². The van der Waals surface area contributed by atoms with Crippen LogP contribution in [0, 0.1) is 11.6 Å². The van der Waals surface area contributed by atoms with Gasteiger partial charge in [0.05, 0.1) is 17.3 Å². The van der Waals surface area contributed by atoms with Crippen LogP contribution >= 0.6 is 0 Å².